The second-order valence-electron chi connectivity index (χ2n) is 7.36. The number of hydrogen-bond acceptors (Lipinski definition) is 5. The number of fused-ring (bicyclic) bond motifs is 1. The Morgan fingerprint density at radius 1 is 1.03 bits per heavy atom. The quantitative estimate of drug-likeness (QED) is 0.275. The van der Waals surface area contributed by atoms with Gasteiger partial charge in [-0.3, -0.25) is 4.79 Å². The van der Waals surface area contributed by atoms with Crippen LogP contribution in [-0.2, 0) is 0 Å². The highest BCUT2D eigenvalue weighted by molar-refractivity contribution is 9.10. The second kappa shape index (κ2) is 8.40. The maximum Gasteiger partial charge on any atom is 0.344 e. The van der Waals surface area contributed by atoms with Crippen LogP contribution in [0.4, 0.5) is 5.69 Å². The zero-order valence-corrected chi connectivity index (χ0v) is 18.9. The molecule has 156 valence electrons. The van der Waals surface area contributed by atoms with Crippen LogP contribution in [0.3, 0.4) is 0 Å². The highest BCUT2D eigenvalue weighted by Crippen LogP contribution is 2.39. The summed E-state index contributed by atoms with van der Waals surface area (Å²) in [4.78, 5) is 27.4. The number of anilines is 1. The van der Waals surface area contributed by atoms with Gasteiger partial charge >= 0.3 is 5.97 Å². The van der Waals surface area contributed by atoms with Crippen molar-refractivity contribution >= 4 is 39.4 Å². The molecule has 6 heteroatoms. The number of Topliss-reactive ketones (excluding diaryl/α,β-unsaturated/α-hetero) is 1. The number of nitrogens with zero attached hydrogens (tertiary/aromatic N) is 1. The molecular formula is C25H20BrNO4. The van der Waals surface area contributed by atoms with Gasteiger partial charge in [0.1, 0.15) is 11.5 Å². The Bertz CT molecular complexity index is 1210. The summed E-state index contributed by atoms with van der Waals surface area (Å²) in [6.45, 7) is 1.77. The molecule has 0 spiro atoms. The Hall–Kier alpha value is -3.38. The molecule has 0 atom stereocenters. The summed E-state index contributed by atoms with van der Waals surface area (Å²) < 4.78 is 12.1. The number of ketones is 1. The number of allylic oxidation sites excluding steroid dienone is 1. The molecule has 31 heavy (non-hydrogen) atoms. The van der Waals surface area contributed by atoms with Gasteiger partial charge in [-0.2, -0.15) is 0 Å². The lowest BCUT2D eigenvalue weighted by Crippen LogP contribution is -2.10. The Labute approximate surface area is 189 Å². The zero-order chi connectivity index (χ0) is 22.1. The monoisotopic (exact) mass is 477 g/mol. The second-order valence-corrected chi connectivity index (χ2v) is 8.21. The largest absolute Gasteiger partial charge is 0.452 e. The Kier molecular flexibility index (Phi) is 5.65. The van der Waals surface area contributed by atoms with E-state index in [0.29, 0.717) is 32.7 Å². The molecule has 0 radical (unpaired) electrons. The SMILES string of the molecule is Cc1c(OC(=O)c2ccccc2Br)ccc2c1O/C(=C\c1ccc(N(C)C)cc1)C2=O. The summed E-state index contributed by atoms with van der Waals surface area (Å²) in [7, 11) is 3.94. The third-order valence-electron chi connectivity index (χ3n) is 5.04. The van der Waals surface area contributed by atoms with Gasteiger partial charge in [0.15, 0.2) is 5.76 Å². The van der Waals surface area contributed by atoms with Gasteiger partial charge in [0.05, 0.1) is 11.1 Å². The van der Waals surface area contributed by atoms with Gasteiger partial charge < -0.3 is 14.4 Å². The number of carbonyl (C=O) groups excluding carboxylic acids is 2. The third-order valence-corrected chi connectivity index (χ3v) is 5.73. The molecule has 0 aromatic heterocycles. The van der Waals surface area contributed by atoms with E-state index in [1.54, 1.807) is 43.3 Å². The van der Waals surface area contributed by atoms with Crippen molar-refractivity contribution in [2.75, 3.05) is 19.0 Å². The maximum absolute atomic E-state index is 12.8. The molecule has 1 aliphatic rings. The van der Waals surface area contributed by atoms with Crippen molar-refractivity contribution < 1.29 is 19.1 Å². The maximum atomic E-state index is 12.8. The molecule has 0 fully saturated rings. The number of benzene rings is 3. The van der Waals surface area contributed by atoms with E-state index in [4.69, 9.17) is 9.47 Å². The molecule has 1 aliphatic heterocycles. The van der Waals surface area contributed by atoms with Crippen LogP contribution >= 0.6 is 15.9 Å². The van der Waals surface area contributed by atoms with Crippen LogP contribution in [0, 0.1) is 6.92 Å². The minimum absolute atomic E-state index is 0.196. The molecule has 5 nitrogen and oxygen atoms in total. The van der Waals surface area contributed by atoms with Crippen LogP contribution in [-0.4, -0.2) is 25.8 Å². The van der Waals surface area contributed by atoms with Gasteiger partial charge in [-0.25, -0.2) is 4.79 Å². The van der Waals surface area contributed by atoms with Gasteiger partial charge in [-0.1, -0.05) is 24.3 Å². The van der Waals surface area contributed by atoms with E-state index in [0.717, 1.165) is 11.3 Å². The first-order chi connectivity index (χ1) is 14.8. The molecule has 0 amide bonds. The van der Waals surface area contributed by atoms with Crippen molar-refractivity contribution in [2.45, 2.75) is 6.92 Å². The number of esters is 1. The summed E-state index contributed by atoms with van der Waals surface area (Å²) in [6, 6.07) is 18.1. The highest BCUT2D eigenvalue weighted by Gasteiger charge is 2.30. The normalized spacial score (nSPS) is 13.7. The molecule has 0 N–H and O–H groups in total. The topological polar surface area (TPSA) is 55.8 Å². The van der Waals surface area contributed by atoms with Crippen LogP contribution in [0.5, 0.6) is 11.5 Å². The predicted molar refractivity (Wildman–Crippen MR) is 124 cm³/mol. The third kappa shape index (κ3) is 4.11. The van der Waals surface area contributed by atoms with Crippen LogP contribution in [0.1, 0.15) is 31.8 Å². The molecule has 4 rings (SSSR count). The fourth-order valence-electron chi connectivity index (χ4n) is 3.28. The number of ether oxygens (including phenoxy) is 2. The number of rotatable bonds is 4. The van der Waals surface area contributed by atoms with Crippen LogP contribution < -0.4 is 14.4 Å². The van der Waals surface area contributed by atoms with E-state index >= 15 is 0 Å². The standard InChI is InChI=1S/C25H20BrNO4/c1-15-21(31-25(29)18-6-4-5-7-20(18)26)13-12-19-23(28)22(30-24(15)19)14-16-8-10-17(11-9-16)27(2)3/h4-14H,1-3H3/b22-14-. The van der Waals surface area contributed by atoms with Crippen molar-refractivity contribution in [2.24, 2.45) is 0 Å². The van der Waals surface area contributed by atoms with Crippen molar-refractivity contribution in [1.82, 2.24) is 0 Å². The van der Waals surface area contributed by atoms with E-state index in [-0.39, 0.29) is 11.5 Å². The molecule has 0 unspecified atom stereocenters. The van der Waals surface area contributed by atoms with E-state index < -0.39 is 5.97 Å². The number of carbonyl (C=O) groups is 2. The van der Waals surface area contributed by atoms with Gasteiger partial charge in [-0.15, -0.1) is 0 Å². The number of hydrogen-bond donors (Lipinski definition) is 0. The fraction of sp³-hybridized carbons (Fsp3) is 0.120. The lowest BCUT2D eigenvalue weighted by atomic mass is 10.1. The van der Waals surface area contributed by atoms with Crippen molar-refractivity contribution in [3.05, 3.63) is 93.1 Å². The fourth-order valence-corrected chi connectivity index (χ4v) is 3.73. The van der Waals surface area contributed by atoms with E-state index in [2.05, 4.69) is 15.9 Å². The highest BCUT2D eigenvalue weighted by atomic mass is 79.9. The molecule has 0 bridgehead atoms. The number of halogens is 1. The van der Waals surface area contributed by atoms with E-state index in [1.807, 2.05) is 49.3 Å². The summed E-state index contributed by atoms with van der Waals surface area (Å²) in [5.74, 6) is 0.322. The van der Waals surface area contributed by atoms with Crippen molar-refractivity contribution in [3.8, 4) is 11.5 Å². The molecule has 3 aromatic rings. The van der Waals surface area contributed by atoms with E-state index in [9.17, 15) is 9.59 Å². The van der Waals surface area contributed by atoms with E-state index in [1.165, 1.54) is 0 Å². The van der Waals surface area contributed by atoms with Crippen LogP contribution in [0.25, 0.3) is 6.08 Å². The summed E-state index contributed by atoms with van der Waals surface area (Å²) in [5.41, 5.74) is 3.39. The van der Waals surface area contributed by atoms with Gasteiger partial charge in [-0.05, 0) is 70.9 Å². The van der Waals surface area contributed by atoms with Gasteiger partial charge in [0, 0.05) is 29.8 Å². The molecular weight excluding hydrogens is 458 g/mol. The summed E-state index contributed by atoms with van der Waals surface area (Å²) in [6.07, 6.45) is 1.72. The molecule has 0 saturated carbocycles. The van der Waals surface area contributed by atoms with Crippen molar-refractivity contribution in [3.63, 3.8) is 0 Å². The smallest absolute Gasteiger partial charge is 0.344 e. The molecule has 3 aromatic carbocycles. The molecule has 0 saturated heterocycles. The zero-order valence-electron chi connectivity index (χ0n) is 17.3. The molecule has 1 heterocycles. The first-order valence-electron chi connectivity index (χ1n) is 9.67. The van der Waals surface area contributed by atoms with Gasteiger partial charge in [0.25, 0.3) is 0 Å². The van der Waals surface area contributed by atoms with Gasteiger partial charge in [0.2, 0.25) is 5.78 Å². The Morgan fingerprint density at radius 3 is 2.42 bits per heavy atom. The Balaban J connectivity index is 1.59. The average Bonchev–Trinajstić information content (AvgIpc) is 3.07. The predicted octanol–water partition coefficient (Wildman–Crippen LogP) is 5.66. The summed E-state index contributed by atoms with van der Waals surface area (Å²) in [5, 5.41) is 0. The summed E-state index contributed by atoms with van der Waals surface area (Å²) >= 11 is 3.36. The van der Waals surface area contributed by atoms with Crippen LogP contribution in [0.2, 0.25) is 0 Å². The van der Waals surface area contributed by atoms with Crippen molar-refractivity contribution in [1.29, 1.82) is 0 Å². The first kappa shape index (κ1) is 20.9. The minimum Gasteiger partial charge on any atom is -0.452 e. The van der Waals surface area contributed by atoms with Crippen LogP contribution in [0.15, 0.2) is 70.9 Å². The lowest BCUT2D eigenvalue weighted by molar-refractivity contribution is 0.0732. The molecule has 0 aliphatic carbocycles. The minimum atomic E-state index is -0.489. The first-order valence-corrected chi connectivity index (χ1v) is 10.5. The lowest BCUT2D eigenvalue weighted by Gasteiger charge is -2.12. The Morgan fingerprint density at radius 2 is 1.74 bits per heavy atom. The average molecular weight is 478 g/mol.